The Bertz CT molecular complexity index is 1030. The van der Waals surface area contributed by atoms with Gasteiger partial charge >= 0.3 is 0 Å². The van der Waals surface area contributed by atoms with Crippen molar-refractivity contribution in [2.75, 3.05) is 44.2 Å². The fraction of sp³-hybridized carbons (Fsp3) is 0.318. The van der Waals surface area contributed by atoms with Crippen LogP contribution in [0, 0.1) is 5.82 Å². The van der Waals surface area contributed by atoms with Crippen LogP contribution in [-0.2, 0) is 0 Å². The maximum atomic E-state index is 13.1. The Kier molecular flexibility index (Phi) is 4.60. The van der Waals surface area contributed by atoms with Gasteiger partial charge in [0.2, 0.25) is 0 Å². The fourth-order valence-corrected chi connectivity index (χ4v) is 4.13. The van der Waals surface area contributed by atoms with Crippen molar-refractivity contribution in [1.29, 1.82) is 0 Å². The van der Waals surface area contributed by atoms with Gasteiger partial charge in [0, 0.05) is 69.0 Å². The van der Waals surface area contributed by atoms with Crippen LogP contribution in [0.15, 0.2) is 54.9 Å². The largest absolute Gasteiger partial charge is 0.369 e. The van der Waals surface area contributed by atoms with Crippen molar-refractivity contribution in [3.63, 3.8) is 0 Å². The number of carbonyl (C=O) groups is 1. The number of piperazine rings is 1. The third kappa shape index (κ3) is 3.53. The van der Waals surface area contributed by atoms with E-state index < -0.39 is 0 Å². The Morgan fingerprint density at radius 3 is 2.31 bits per heavy atom. The van der Waals surface area contributed by atoms with Gasteiger partial charge in [-0.3, -0.25) is 19.7 Å². The second-order valence-corrected chi connectivity index (χ2v) is 7.62. The van der Waals surface area contributed by atoms with E-state index in [2.05, 4.69) is 19.8 Å². The first kappa shape index (κ1) is 18.0. The molecule has 0 spiro atoms. The molecule has 0 unspecified atom stereocenters. The molecule has 6 nitrogen and oxygen atoms in total. The monoisotopic (exact) mass is 391 g/mol. The third-order valence-electron chi connectivity index (χ3n) is 5.89. The van der Waals surface area contributed by atoms with Gasteiger partial charge in [-0.15, -0.1) is 0 Å². The topological polar surface area (TPSA) is 52.6 Å². The number of rotatable bonds is 3. The van der Waals surface area contributed by atoms with E-state index in [0.29, 0.717) is 11.6 Å². The van der Waals surface area contributed by atoms with Gasteiger partial charge in [0.05, 0.1) is 11.0 Å². The summed E-state index contributed by atoms with van der Waals surface area (Å²) in [5.74, 6) is -0.149. The molecule has 1 aromatic heterocycles. The zero-order valence-electron chi connectivity index (χ0n) is 16.0. The number of nitrogens with zero attached hydrogens (tertiary/aromatic N) is 5. The highest BCUT2D eigenvalue weighted by atomic mass is 19.1. The molecule has 148 valence electrons. The zero-order chi connectivity index (χ0) is 19.8. The summed E-state index contributed by atoms with van der Waals surface area (Å²) < 4.78 is 13.1. The molecule has 7 heteroatoms. The third-order valence-corrected chi connectivity index (χ3v) is 5.89. The van der Waals surface area contributed by atoms with E-state index in [-0.39, 0.29) is 11.7 Å². The lowest BCUT2D eigenvalue weighted by Crippen LogP contribution is -2.64. The van der Waals surface area contributed by atoms with E-state index in [1.54, 1.807) is 12.4 Å². The van der Waals surface area contributed by atoms with Crippen LogP contribution in [0.1, 0.15) is 10.4 Å². The van der Waals surface area contributed by atoms with Crippen LogP contribution in [0.2, 0.25) is 0 Å². The number of hydrogen-bond donors (Lipinski definition) is 0. The van der Waals surface area contributed by atoms with Crippen LogP contribution in [0.3, 0.4) is 0 Å². The quantitative estimate of drug-likeness (QED) is 0.686. The number of anilines is 1. The van der Waals surface area contributed by atoms with Gasteiger partial charge in [0.1, 0.15) is 5.82 Å². The maximum Gasteiger partial charge on any atom is 0.254 e. The number of carbonyl (C=O) groups excluding carboxylic acids is 1. The van der Waals surface area contributed by atoms with Gasteiger partial charge in [-0.25, -0.2) is 4.39 Å². The van der Waals surface area contributed by atoms with E-state index in [1.165, 1.54) is 12.1 Å². The minimum Gasteiger partial charge on any atom is -0.369 e. The van der Waals surface area contributed by atoms with Crippen molar-refractivity contribution >= 4 is 22.6 Å². The SMILES string of the molecule is O=C(c1ccc2nccnc2c1)N1CC(N2CCN(c3ccc(F)cc3)CC2)C1. The van der Waals surface area contributed by atoms with E-state index in [9.17, 15) is 9.18 Å². The van der Waals surface area contributed by atoms with Gasteiger partial charge in [0.15, 0.2) is 0 Å². The molecule has 2 aliphatic heterocycles. The number of halogens is 1. The standard InChI is InChI=1S/C22H22FN5O/c23-17-2-4-18(5-3-17)26-9-11-27(12-10-26)19-14-28(15-19)22(29)16-1-6-20-21(13-16)25-8-7-24-20/h1-8,13,19H,9-12,14-15H2. The van der Waals surface area contributed by atoms with Gasteiger partial charge in [-0.1, -0.05) is 0 Å². The van der Waals surface area contributed by atoms with Crippen molar-refractivity contribution in [2.24, 2.45) is 0 Å². The Balaban J connectivity index is 1.16. The molecule has 3 aromatic rings. The first-order valence-corrected chi connectivity index (χ1v) is 9.92. The van der Waals surface area contributed by atoms with Crippen molar-refractivity contribution in [3.8, 4) is 0 Å². The van der Waals surface area contributed by atoms with E-state index in [4.69, 9.17) is 0 Å². The molecule has 3 heterocycles. The predicted octanol–water partition coefficient (Wildman–Crippen LogP) is 2.42. The molecule has 29 heavy (non-hydrogen) atoms. The highest BCUT2D eigenvalue weighted by Gasteiger charge is 2.36. The molecule has 2 aromatic carbocycles. The van der Waals surface area contributed by atoms with Crippen LogP contribution in [0.5, 0.6) is 0 Å². The highest BCUT2D eigenvalue weighted by Crippen LogP contribution is 2.23. The smallest absolute Gasteiger partial charge is 0.254 e. The molecule has 5 rings (SSSR count). The van der Waals surface area contributed by atoms with Crippen molar-refractivity contribution < 1.29 is 9.18 Å². The molecule has 2 fully saturated rings. The molecule has 0 N–H and O–H groups in total. The lowest BCUT2D eigenvalue weighted by Gasteiger charge is -2.48. The van der Waals surface area contributed by atoms with Crippen LogP contribution in [0.4, 0.5) is 10.1 Å². The van der Waals surface area contributed by atoms with Crippen molar-refractivity contribution in [2.45, 2.75) is 6.04 Å². The number of hydrogen-bond acceptors (Lipinski definition) is 5. The number of fused-ring (bicyclic) bond motifs is 1. The first-order valence-electron chi connectivity index (χ1n) is 9.92. The molecule has 0 atom stereocenters. The number of likely N-dealkylation sites (tertiary alicyclic amines) is 1. The average Bonchev–Trinajstić information content (AvgIpc) is 2.73. The Labute approximate surface area is 168 Å². The summed E-state index contributed by atoms with van der Waals surface area (Å²) in [6.45, 7) is 5.26. The maximum absolute atomic E-state index is 13.1. The fourth-order valence-electron chi connectivity index (χ4n) is 4.13. The lowest BCUT2D eigenvalue weighted by molar-refractivity contribution is 0.0247. The highest BCUT2D eigenvalue weighted by molar-refractivity contribution is 5.97. The molecule has 0 aliphatic carbocycles. The summed E-state index contributed by atoms with van der Waals surface area (Å²) in [5.41, 5.74) is 3.27. The van der Waals surface area contributed by atoms with Crippen LogP contribution in [-0.4, -0.2) is 71.0 Å². The first-order chi connectivity index (χ1) is 14.2. The summed E-state index contributed by atoms with van der Waals surface area (Å²) in [6.07, 6.45) is 3.29. The Morgan fingerprint density at radius 2 is 1.59 bits per heavy atom. The second kappa shape index (κ2) is 7.40. The lowest BCUT2D eigenvalue weighted by atomic mass is 10.0. The number of amides is 1. The average molecular weight is 391 g/mol. The minimum atomic E-state index is -0.204. The summed E-state index contributed by atoms with van der Waals surface area (Å²) in [4.78, 5) is 28.0. The predicted molar refractivity (Wildman–Crippen MR) is 109 cm³/mol. The van der Waals surface area contributed by atoms with Crippen molar-refractivity contribution in [1.82, 2.24) is 19.8 Å². The molecular weight excluding hydrogens is 369 g/mol. The molecule has 2 saturated heterocycles. The van der Waals surface area contributed by atoms with Crippen molar-refractivity contribution in [3.05, 3.63) is 66.2 Å². The van der Waals surface area contributed by atoms with Gasteiger partial charge in [0.25, 0.3) is 5.91 Å². The molecular formula is C22H22FN5O. The summed E-state index contributed by atoms with van der Waals surface area (Å²) in [5, 5.41) is 0. The summed E-state index contributed by atoms with van der Waals surface area (Å²) in [7, 11) is 0. The second-order valence-electron chi connectivity index (χ2n) is 7.62. The molecule has 0 bridgehead atoms. The van der Waals surface area contributed by atoms with Crippen LogP contribution in [0.25, 0.3) is 11.0 Å². The Morgan fingerprint density at radius 1 is 0.897 bits per heavy atom. The van der Waals surface area contributed by atoms with Crippen LogP contribution < -0.4 is 4.90 Å². The molecule has 0 saturated carbocycles. The van der Waals surface area contributed by atoms with E-state index in [1.807, 2.05) is 35.2 Å². The van der Waals surface area contributed by atoms with Gasteiger partial charge in [-0.05, 0) is 42.5 Å². The van der Waals surface area contributed by atoms with Crippen LogP contribution >= 0.6 is 0 Å². The Hall–Kier alpha value is -3.06. The van der Waals surface area contributed by atoms with Gasteiger partial charge < -0.3 is 9.80 Å². The summed E-state index contributed by atoms with van der Waals surface area (Å²) >= 11 is 0. The normalized spacial score (nSPS) is 18.1. The molecule has 2 aliphatic rings. The van der Waals surface area contributed by atoms with E-state index in [0.717, 1.165) is 56.0 Å². The minimum absolute atomic E-state index is 0.0544. The summed E-state index contributed by atoms with van der Waals surface area (Å²) in [6, 6.07) is 12.6. The zero-order valence-corrected chi connectivity index (χ0v) is 16.0. The van der Waals surface area contributed by atoms with E-state index >= 15 is 0 Å². The number of aromatic nitrogens is 2. The van der Waals surface area contributed by atoms with Gasteiger partial charge in [-0.2, -0.15) is 0 Å². The molecule has 0 radical (unpaired) electrons. The molecule has 1 amide bonds. The number of benzene rings is 2.